The second-order valence-electron chi connectivity index (χ2n) is 11.7. The highest BCUT2D eigenvalue weighted by atomic mass is 16.3. The van der Waals surface area contributed by atoms with Crippen LogP contribution in [0.5, 0.6) is 0 Å². The number of fused-ring (bicyclic) bond motifs is 1. The summed E-state index contributed by atoms with van der Waals surface area (Å²) in [6.07, 6.45) is 5.56. The summed E-state index contributed by atoms with van der Waals surface area (Å²) in [6.45, 7) is 9.41. The Labute approximate surface area is 213 Å². The number of amides is 3. The first-order valence-electron chi connectivity index (χ1n) is 13.2. The molecule has 0 radical (unpaired) electrons. The average Bonchev–Trinajstić information content (AvgIpc) is 3.52. The molecule has 0 atom stereocenters. The van der Waals surface area contributed by atoms with E-state index in [0.717, 1.165) is 36.8 Å². The molecule has 1 aromatic heterocycles. The van der Waals surface area contributed by atoms with Gasteiger partial charge in [-0.15, -0.1) is 0 Å². The smallest absolute Gasteiger partial charge is 0.289 e. The van der Waals surface area contributed by atoms with Crippen molar-refractivity contribution in [2.24, 2.45) is 11.3 Å². The van der Waals surface area contributed by atoms with Crippen molar-refractivity contribution in [1.82, 2.24) is 14.7 Å². The first-order chi connectivity index (χ1) is 17.2. The van der Waals surface area contributed by atoms with Crippen LogP contribution in [0.25, 0.3) is 0 Å². The lowest BCUT2D eigenvalue weighted by Gasteiger charge is -2.49. The van der Waals surface area contributed by atoms with Crippen LogP contribution in [0.1, 0.15) is 79.4 Å². The maximum atomic E-state index is 13.7. The van der Waals surface area contributed by atoms with Crippen LogP contribution >= 0.6 is 0 Å². The first kappa shape index (κ1) is 24.6. The number of nitrogens with zero attached hydrogens (tertiary/aromatic N) is 3. The molecular formula is C29H37N3O4. The molecule has 0 bridgehead atoms. The number of benzene rings is 1. The van der Waals surface area contributed by atoms with Gasteiger partial charge in [-0.1, -0.05) is 39.0 Å². The van der Waals surface area contributed by atoms with E-state index in [4.69, 9.17) is 4.42 Å². The van der Waals surface area contributed by atoms with Crippen LogP contribution < -0.4 is 0 Å². The fraction of sp³-hybridized carbons (Fsp3) is 0.552. The van der Waals surface area contributed by atoms with E-state index in [1.165, 1.54) is 6.26 Å². The van der Waals surface area contributed by atoms with Crippen LogP contribution in [0.2, 0.25) is 0 Å². The number of hydrogen-bond donors (Lipinski definition) is 0. The molecule has 2 aromatic rings. The molecule has 0 N–H and O–H groups in total. The van der Waals surface area contributed by atoms with Crippen LogP contribution in [0, 0.1) is 11.3 Å². The van der Waals surface area contributed by atoms with E-state index in [0.29, 0.717) is 50.8 Å². The summed E-state index contributed by atoms with van der Waals surface area (Å²) >= 11 is 0. The molecule has 0 unspecified atom stereocenters. The molecule has 1 saturated heterocycles. The van der Waals surface area contributed by atoms with Gasteiger partial charge in [0.1, 0.15) is 0 Å². The minimum absolute atomic E-state index is 0.0569. The highest BCUT2D eigenvalue weighted by molar-refractivity contribution is 5.99. The van der Waals surface area contributed by atoms with Gasteiger partial charge in [0.05, 0.1) is 18.2 Å². The topological polar surface area (TPSA) is 74.1 Å². The normalized spacial score (nSPS) is 24.7. The molecule has 3 aliphatic rings. The van der Waals surface area contributed by atoms with Gasteiger partial charge in [-0.25, -0.2) is 0 Å². The van der Waals surface area contributed by atoms with Crippen molar-refractivity contribution in [2.45, 2.75) is 65.0 Å². The lowest BCUT2D eigenvalue weighted by atomic mass is 9.66. The van der Waals surface area contributed by atoms with Gasteiger partial charge in [-0.2, -0.15) is 0 Å². The highest BCUT2D eigenvalue weighted by Gasteiger charge is 2.48. The molecule has 7 heteroatoms. The lowest BCUT2D eigenvalue weighted by molar-refractivity contribution is -0.136. The van der Waals surface area contributed by atoms with Gasteiger partial charge < -0.3 is 19.1 Å². The summed E-state index contributed by atoms with van der Waals surface area (Å²) in [5, 5.41) is 0. The molecular weight excluding hydrogens is 454 g/mol. The SMILES string of the molecule is CC(C)(C)C1CCC(CC(=O)N2CCN(C(=O)c3ccco3)CC2)(N2Cc3ccccc3C2=O)CC1. The first-order valence-corrected chi connectivity index (χ1v) is 13.2. The van der Waals surface area contributed by atoms with E-state index in [2.05, 4.69) is 20.8 Å². The Kier molecular flexibility index (Phi) is 6.43. The summed E-state index contributed by atoms with van der Waals surface area (Å²) in [4.78, 5) is 45.4. The molecule has 36 heavy (non-hydrogen) atoms. The van der Waals surface area contributed by atoms with Crippen LogP contribution in [0.4, 0.5) is 0 Å². The maximum absolute atomic E-state index is 13.7. The van der Waals surface area contributed by atoms with E-state index in [1.54, 1.807) is 17.0 Å². The van der Waals surface area contributed by atoms with Gasteiger partial charge in [0.25, 0.3) is 11.8 Å². The maximum Gasteiger partial charge on any atom is 0.289 e. The Morgan fingerprint density at radius 1 is 0.972 bits per heavy atom. The second-order valence-corrected chi connectivity index (χ2v) is 11.7. The van der Waals surface area contributed by atoms with E-state index >= 15 is 0 Å². The zero-order valence-corrected chi connectivity index (χ0v) is 21.7. The number of carbonyl (C=O) groups excluding carboxylic acids is 3. The van der Waals surface area contributed by atoms with E-state index in [-0.39, 0.29) is 23.1 Å². The largest absolute Gasteiger partial charge is 0.459 e. The van der Waals surface area contributed by atoms with Crippen molar-refractivity contribution in [3.63, 3.8) is 0 Å². The molecule has 2 fully saturated rings. The van der Waals surface area contributed by atoms with E-state index < -0.39 is 5.54 Å². The third-order valence-corrected chi connectivity index (χ3v) is 8.67. The number of piperazine rings is 1. The number of hydrogen-bond acceptors (Lipinski definition) is 4. The molecule has 2 aliphatic heterocycles. The van der Waals surface area contributed by atoms with Crippen LogP contribution in [-0.2, 0) is 11.3 Å². The van der Waals surface area contributed by atoms with Crippen LogP contribution in [0.15, 0.2) is 47.1 Å². The third kappa shape index (κ3) is 4.56. The predicted molar refractivity (Wildman–Crippen MR) is 136 cm³/mol. The second kappa shape index (κ2) is 9.41. The molecule has 3 heterocycles. The Bertz CT molecular complexity index is 1120. The lowest BCUT2D eigenvalue weighted by Crippen LogP contribution is -2.56. The van der Waals surface area contributed by atoms with Crippen molar-refractivity contribution in [3.05, 3.63) is 59.5 Å². The van der Waals surface area contributed by atoms with Crippen molar-refractivity contribution in [2.75, 3.05) is 26.2 Å². The number of furan rings is 1. The molecule has 192 valence electrons. The van der Waals surface area contributed by atoms with Crippen molar-refractivity contribution >= 4 is 17.7 Å². The Hall–Kier alpha value is -3.09. The predicted octanol–water partition coefficient (Wildman–Crippen LogP) is 4.59. The fourth-order valence-electron chi connectivity index (χ4n) is 6.31. The molecule has 1 saturated carbocycles. The van der Waals surface area contributed by atoms with Gasteiger partial charge in [0.15, 0.2) is 5.76 Å². The quantitative estimate of drug-likeness (QED) is 0.627. The van der Waals surface area contributed by atoms with Crippen LogP contribution in [0.3, 0.4) is 0 Å². The van der Waals surface area contributed by atoms with Gasteiger partial charge >= 0.3 is 0 Å². The molecule has 5 rings (SSSR count). The Morgan fingerprint density at radius 3 is 2.25 bits per heavy atom. The minimum Gasteiger partial charge on any atom is -0.459 e. The van der Waals surface area contributed by atoms with Crippen molar-refractivity contribution < 1.29 is 18.8 Å². The summed E-state index contributed by atoms with van der Waals surface area (Å²) in [7, 11) is 0. The molecule has 1 aliphatic carbocycles. The van der Waals surface area contributed by atoms with E-state index in [9.17, 15) is 14.4 Å². The monoisotopic (exact) mass is 491 g/mol. The van der Waals surface area contributed by atoms with E-state index in [1.807, 2.05) is 34.1 Å². The molecule has 1 aromatic carbocycles. The molecule has 3 amide bonds. The van der Waals surface area contributed by atoms with Gasteiger partial charge in [-0.3, -0.25) is 14.4 Å². The molecule has 7 nitrogen and oxygen atoms in total. The van der Waals surface area contributed by atoms with Crippen molar-refractivity contribution in [3.8, 4) is 0 Å². The zero-order chi connectivity index (χ0) is 25.5. The minimum atomic E-state index is -0.462. The average molecular weight is 492 g/mol. The standard InChI is InChI=1S/C29H37N3O4/c1-28(2,3)22-10-12-29(13-11-22,32-20-21-7-4-5-8-23(21)26(32)34)19-25(33)30-14-16-31(17-15-30)27(35)24-9-6-18-36-24/h4-9,18,22H,10-17,19-20H2,1-3H3. The highest BCUT2D eigenvalue weighted by Crippen LogP contribution is 2.47. The third-order valence-electron chi connectivity index (χ3n) is 8.67. The summed E-state index contributed by atoms with van der Waals surface area (Å²) < 4.78 is 5.25. The fourth-order valence-corrected chi connectivity index (χ4v) is 6.31. The summed E-state index contributed by atoms with van der Waals surface area (Å²) in [6, 6.07) is 11.2. The Balaban J connectivity index is 1.30. The number of rotatable bonds is 4. The van der Waals surface area contributed by atoms with Gasteiger partial charge in [0.2, 0.25) is 5.91 Å². The van der Waals surface area contributed by atoms with Crippen LogP contribution in [-0.4, -0.2) is 64.1 Å². The summed E-state index contributed by atoms with van der Waals surface area (Å²) in [5.74, 6) is 0.914. The zero-order valence-electron chi connectivity index (χ0n) is 21.7. The summed E-state index contributed by atoms with van der Waals surface area (Å²) in [5.41, 5.74) is 1.57. The Morgan fingerprint density at radius 2 is 1.64 bits per heavy atom. The van der Waals surface area contributed by atoms with Gasteiger partial charge in [0, 0.05) is 38.3 Å². The number of carbonyl (C=O) groups is 3. The van der Waals surface area contributed by atoms with Crippen molar-refractivity contribution in [1.29, 1.82) is 0 Å². The molecule has 0 spiro atoms. The van der Waals surface area contributed by atoms with Gasteiger partial charge in [-0.05, 0) is 60.8 Å².